The highest BCUT2D eigenvalue weighted by Gasteiger charge is 2.24. The number of nitrogens with zero attached hydrogens (tertiary/aromatic N) is 1. The second kappa shape index (κ2) is 8.15. The molecule has 1 aliphatic heterocycles. The van der Waals surface area contributed by atoms with Crippen molar-refractivity contribution in [1.29, 1.82) is 0 Å². The van der Waals surface area contributed by atoms with Crippen molar-refractivity contribution in [3.05, 3.63) is 58.3 Å². The standard InChI is InChI=1S/C21H28N2O2/c1-7-13(2)14(3)17-10-8-9-11-18(17)20(23-25-6)12-19-15(4)16(5)22-21(19)24/h8-14H,7H2,1-6H3,(H,22,24)/b19-12+,23-20-/t13-,14+/m1/s1. The minimum Gasteiger partial charge on any atom is -0.399 e. The van der Waals surface area contributed by atoms with Gasteiger partial charge in [-0.05, 0) is 42.9 Å². The van der Waals surface area contributed by atoms with Gasteiger partial charge in [-0.25, -0.2) is 0 Å². The van der Waals surface area contributed by atoms with Crippen LogP contribution in [0, 0.1) is 5.92 Å². The van der Waals surface area contributed by atoms with Crippen LogP contribution in [-0.2, 0) is 9.63 Å². The Morgan fingerprint density at radius 1 is 1.28 bits per heavy atom. The van der Waals surface area contributed by atoms with E-state index in [4.69, 9.17) is 4.84 Å². The van der Waals surface area contributed by atoms with Crippen LogP contribution < -0.4 is 5.32 Å². The van der Waals surface area contributed by atoms with Gasteiger partial charge in [-0.15, -0.1) is 0 Å². The third kappa shape index (κ3) is 4.01. The van der Waals surface area contributed by atoms with Gasteiger partial charge in [0.2, 0.25) is 0 Å². The summed E-state index contributed by atoms with van der Waals surface area (Å²) < 4.78 is 0. The van der Waals surface area contributed by atoms with Gasteiger partial charge in [0.05, 0.1) is 0 Å². The Morgan fingerprint density at radius 3 is 2.52 bits per heavy atom. The van der Waals surface area contributed by atoms with Crippen LogP contribution in [0.4, 0.5) is 0 Å². The molecule has 0 aromatic heterocycles. The predicted octanol–water partition coefficient (Wildman–Crippen LogP) is 4.54. The smallest absolute Gasteiger partial charge is 0.255 e. The van der Waals surface area contributed by atoms with Gasteiger partial charge in [0.15, 0.2) is 0 Å². The SMILES string of the molecule is CC[C@@H](C)[C@H](C)c1ccccc1C(/C=C1/C(=O)NC(C)=C1C)=N\OC. The van der Waals surface area contributed by atoms with Gasteiger partial charge in [0, 0.05) is 16.8 Å². The van der Waals surface area contributed by atoms with E-state index in [2.05, 4.69) is 37.3 Å². The van der Waals surface area contributed by atoms with E-state index in [1.165, 1.54) is 12.7 Å². The zero-order valence-electron chi connectivity index (χ0n) is 16.0. The number of carbonyl (C=O) groups is 1. The molecule has 0 radical (unpaired) electrons. The molecule has 4 nitrogen and oxygen atoms in total. The van der Waals surface area contributed by atoms with Crippen molar-refractivity contribution in [2.24, 2.45) is 11.1 Å². The lowest BCUT2D eigenvalue weighted by molar-refractivity contribution is -0.116. The molecule has 134 valence electrons. The van der Waals surface area contributed by atoms with Gasteiger partial charge in [-0.1, -0.05) is 56.6 Å². The normalized spacial score (nSPS) is 19.2. The number of oxime groups is 1. The van der Waals surface area contributed by atoms with Gasteiger partial charge in [-0.3, -0.25) is 4.79 Å². The average Bonchev–Trinajstić information content (AvgIpc) is 2.86. The summed E-state index contributed by atoms with van der Waals surface area (Å²) in [5.74, 6) is 0.847. The summed E-state index contributed by atoms with van der Waals surface area (Å²) in [5.41, 5.74) is 5.37. The number of hydrogen-bond acceptors (Lipinski definition) is 3. The summed E-state index contributed by atoms with van der Waals surface area (Å²) in [7, 11) is 1.53. The monoisotopic (exact) mass is 340 g/mol. The molecule has 1 N–H and O–H groups in total. The highest BCUT2D eigenvalue weighted by Crippen LogP contribution is 2.30. The number of carbonyl (C=O) groups excluding carboxylic acids is 1. The van der Waals surface area contributed by atoms with Crippen molar-refractivity contribution in [3.8, 4) is 0 Å². The lowest BCUT2D eigenvalue weighted by Gasteiger charge is -2.21. The molecule has 25 heavy (non-hydrogen) atoms. The van der Waals surface area contributed by atoms with Gasteiger partial charge >= 0.3 is 0 Å². The lowest BCUT2D eigenvalue weighted by Crippen LogP contribution is -2.16. The summed E-state index contributed by atoms with van der Waals surface area (Å²) in [6.07, 6.45) is 2.93. The molecule has 1 aromatic rings. The van der Waals surface area contributed by atoms with E-state index in [0.717, 1.165) is 23.3 Å². The maximum Gasteiger partial charge on any atom is 0.255 e. The molecule has 0 unspecified atom stereocenters. The molecule has 2 rings (SSSR count). The van der Waals surface area contributed by atoms with Crippen molar-refractivity contribution >= 4 is 11.6 Å². The first-order valence-corrected chi connectivity index (χ1v) is 8.82. The second-order valence-electron chi connectivity index (χ2n) is 6.68. The maximum atomic E-state index is 12.2. The first kappa shape index (κ1) is 19.0. The van der Waals surface area contributed by atoms with E-state index in [9.17, 15) is 4.79 Å². The van der Waals surface area contributed by atoms with Gasteiger partial charge < -0.3 is 10.2 Å². The van der Waals surface area contributed by atoms with Crippen LogP contribution in [0.15, 0.2) is 52.3 Å². The van der Waals surface area contributed by atoms with Gasteiger partial charge in [-0.2, -0.15) is 0 Å². The average molecular weight is 340 g/mol. The van der Waals surface area contributed by atoms with Crippen LogP contribution in [0.5, 0.6) is 0 Å². The quantitative estimate of drug-likeness (QED) is 0.470. The molecule has 1 amide bonds. The Hall–Kier alpha value is -2.36. The van der Waals surface area contributed by atoms with Crippen molar-refractivity contribution in [2.45, 2.75) is 47.0 Å². The fourth-order valence-corrected chi connectivity index (χ4v) is 3.05. The van der Waals surface area contributed by atoms with Gasteiger partial charge in [0.25, 0.3) is 5.91 Å². The third-order valence-electron chi connectivity index (χ3n) is 5.21. The Labute approximate surface area is 150 Å². The summed E-state index contributed by atoms with van der Waals surface area (Å²) in [4.78, 5) is 17.3. The largest absolute Gasteiger partial charge is 0.399 e. The highest BCUT2D eigenvalue weighted by atomic mass is 16.6. The first-order chi connectivity index (χ1) is 11.9. The molecule has 1 aliphatic rings. The fraction of sp³-hybridized carbons (Fsp3) is 0.429. The van der Waals surface area contributed by atoms with Crippen molar-refractivity contribution in [1.82, 2.24) is 5.32 Å². The maximum absolute atomic E-state index is 12.2. The fourth-order valence-electron chi connectivity index (χ4n) is 3.05. The molecule has 0 bridgehead atoms. The molecule has 1 heterocycles. The van der Waals surface area contributed by atoms with Crippen LogP contribution in [0.1, 0.15) is 58.1 Å². The Kier molecular flexibility index (Phi) is 6.18. The van der Waals surface area contributed by atoms with Crippen LogP contribution >= 0.6 is 0 Å². The number of benzene rings is 1. The zero-order chi connectivity index (χ0) is 18.6. The number of allylic oxidation sites excluding steroid dienone is 2. The molecule has 2 atom stereocenters. The van der Waals surface area contributed by atoms with E-state index in [1.54, 1.807) is 0 Å². The number of nitrogens with one attached hydrogen (secondary N) is 1. The second-order valence-corrected chi connectivity index (χ2v) is 6.68. The summed E-state index contributed by atoms with van der Waals surface area (Å²) in [5, 5.41) is 7.07. The van der Waals surface area contributed by atoms with Crippen molar-refractivity contribution < 1.29 is 9.63 Å². The van der Waals surface area contributed by atoms with Crippen LogP contribution in [0.3, 0.4) is 0 Å². The lowest BCUT2D eigenvalue weighted by atomic mass is 9.83. The molecular weight excluding hydrogens is 312 g/mol. The molecule has 0 saturated heterocycles. The molecule has 1 aromatic carbocycles. The topological polar surface area (TPSA) is 50.7 Å². The summed E-state index contributed by atoms with van der Waals surface area (Å²) in [6, 6.07) is 8.22. The Bertz CT molecular complexity index is 744. The van der Waals surface area contributed by atoms with Crippen molar-refractivity contribution in [3.63, 3.8) is 0 Å². The first-order valence-electron chi connectivity index (χ1n) is 8.82. The molecule has 0 spiro atoms. The zero-order valence-corrected chi connectivity index (χ0v) is 16.0. The van der Waals surface area contributed by atoms with Crippen LogP contribution in [-0.4, -0.2) is 18.7 Å². The number of rotatable bonds is 6. The van der Waals surface area contributed by atoms with Gasteiger partial charge in [0.1, 0.15) is 12.8 Å². The van der Waals surface area contributed by atoms with E-state index < -0.39 is 0 Å². The minimum absolute atomic E-state index is 0.0914. The van der Waals surface area contributed by atoms with E-state index in [-0.39, 0.29) is 5.91 Å². The van der Waals surface area contributed by atoms with Crippen LogP contribution in [0.2, 0.25) is 0 Å². The molecule has 0 saturated carbocycles. The molecule has 4 heteroatoms. The summed E-state index contributed by atoms with van der Waals surface area (Å²) >= 11 is 0. The Balaban J connectivity index is 2.54. The van der Waals surface area contributed by atoms with E-state index >= 15 is 0 Å². The molecule has 0 aliphatic carbocycles. The van der Waals surface area contributed by atoms with Crippen molar-refractivity contribution in [2.75, 3.05) is 7.11 Å². The predicted molar refractivity (Wildman–Crippen MR) is 102 cm³/mol. The summed E-state index contributed by atoms with van der Waals surface area (Å²) in [6.45, 7) is 10.5. The number of amides is 1. The molecule has 0 fully saturated rings. The third-order valence-corrected chi connectivity index (χ3v) is 5.21. The molecular formula is C21H28N2O2. The minimum atomic E-state index is -0.0914. The Morgan fingerprint density at radius 2 is 1.96 bits per heavy atom. The van der Waals surface area contributed by atoms with Crippen LogP contribution in [0.25, 0.3) is 0 Å². The van der Waals surface area contributed by atoms with E-state index in [1.807, 2.05) is 38.1 Å². The van der Waals surface area contributed by atoms with E-state index in [0.29, 0.717) is 23.1 Å². The number of hydrogen-bond donors (Lipinski definition) is 1. The highest BCUT2D eigenvalue weighted by molar-refractivity contribution is 6.15.